The monoisotopic (exact) mass is 542 g/mol. The third-order valence-corrected chi connectivity index (χ3v) is 6.60. The smallest absolute Gasteiger partial charge is 0.295 e. The quantitative estimate of drug-likeness (QED) is 0.190. The molecule has 1 heterocycles. The lowest BCUT2D eigenvalue weighted by atomic mass is 9.95. The van der Waals surface area contributed by atoms with Gasteiger partial charge in [0, 0.05) is 23.1 Å². The summed E-state index contributed by atoms with van der Waals surface area (Å²) < 4.78 is 12.0. The predicted octanol–water partition coefficient (Wildman–Crippen LogP) is 4.79. The van der Waals surface area contributed by atoms with E-state index in [4.69, 9.17) is 9.47 Å². The van der Waals surface area contributed by atoms with Crippen molar-refractivity contribution in [2.75, 3.05) is 39.9 Å². The fourth-order valence-electron chi connectivity index (χ4n) is 4.13. The Morgan fingerprint density at radius 2 is 1.83 bits per heavy atom. The van der Waals surface area contributed by atoms with E-state index in [-0.39, 0.29) is 11.3 Å². The van der Waals surface area contributed by atoms with Crippen molar-refractivity contribution in [1.29, 1.82) is 0 Å². The summed E-state index contributed by atoms with van der Waals surface area (Å²) in [6.07, 6.45) is 1.63. The van der Waals surface area contributed by atoms with Crippen LogP contribution in [-0.2, 0) is 9.59 Å². The second-order valence-electron chi connectivity index (χ2n) is 8.04. The molecule has 1 unspecified atom stereocenters. The third kappa shape index (κ3) is 5.77. The van der Waals surface area contributed by atoms with Crippen molar-refractivity contribution in [2.45, 2.75) is 19.9 Å². The molecule has 1 aliphatic rings. The van der Waals surface area contributed by atoms with E-state index in [0.717, 1.165) is 17.6 Å². The van der Waals surface area contributed by atoms with E-state index in [9.17, 15) is 14.7 Å². The van der Waals surface area contributed by atoms with Gasteiger partial charge in [0.05, 0.1) is 18.7 Å². The van der Waals surface area contributed by atoms with Gasteiger partial charge in [-0.3, -0.25) is 9.59 Å². The minimum atomic E-state index is -0.767. The number of halogens is 1. The SMILES string of the molecule is C=CCOc1ccc(C2/C(=C(\O)c3ccc(Br)cc3)C(=O)C(=O)N2CCN(CC)CC)cc1OC. The minimum Gasteiger partial charge on any atom is -0.507 e. The van der Waals surface area contributed by atoms with Gasteiger partial charge in [-0.05, 0) is 42.9 Å². The molecule has 1 aliphatic heterocycles. The zero-order valence-electron chi connectivity index (χ0n) is 20.3. The molecule has 8 heteroatoms. The Hall–Kier alpha value is -3.10. The molecule has 0 radical (unpaired) electrons. The van der Waals surface area contributed by atoms with Crippen molar-refractivity contribution < 1.29 is 24.2 Å². The van der Waals surface area contributed by atoms with Gasteiger partial charge in [-0.25, -0.2) is 0 Å². The number of carbonyl (C=O) groups excluding carboxylic acids is 2. The van der Waals surface area contributed by atoms with Crippen LogP contribution in [-0.4, -0.2) is 66.5 Å². The summed E-state index contributed by atoms with van der Waals surface area (Å²) in [5.41, 5.74) is 1.15. The number of Topliss-reactive ketones (excluding diaryl/α,β-unsaturated/α-hetero) is 1. The first kappa shape index (κ1) is 26.5. The number of rotatable bonds is 11. The summed E-state index contributed by atoms with van der Waals surface area (Å²) in [4.78, 5) is 30.1. The van der Waals surface area contributed by atoms with Gasteiger partial charge in [0.15, 0.2) is 11.5 Å². The van der Waals surface area contributed by atoms with Gasteiger partial charge in [0.2, 0.25) is 0 Å². The summed E-state index contributed by atoms with van der Waals surface area (Å²) >= 11 is 3.38. The van der Waals surface area contributed by atoms with Gasteiger partial charge in [-0.15, -0.1) is 0 Å². The van der Waals surface area contributed by atoms with Crippen LogP contribution in [0.4, 0.5) is 0 Å². The Labute approximate surface area is 214 Å². The zero-order chi connectivity index (χ0) is 25.5. The lowest BCUT2D eigenvalue weighted by Gasteiger charge is -2.28. The van der Waals surface area contributed by atoms with Crippen molar-refractivity contribution in [2.24, 2.45) is 0 Å². The molecule has 35 heavy (non-hydrogen) atoms. The van der Waals surface area contributed by atoms with Crippen LogP contribution in [0.25, 0.3) is 5.76 Å². The second kappa shape index (κ2) is 12.0. The molecule has 186 valence electrons. The highest BCUT2D eigenvalue weighted by atomic mass is 79.9. The zero-order valence-corrected chi connectivity index (χ0v) is 21.9. The summed E-state index contributed by atoms with van der Waals surface area (Å²) in [5.74, 6) is -0.573. The highest BCUT2D eigenvalue weighted by molar-refractivity contribution is 9.10. The lowest BCUT2D eigenvalue weighted by Crippen LogP contribution is -2.38. The Morgan fingerprint density at radius 1 is 1.14 bits per heavy atom. The number of hydrogen-bond donors (Lipinski definition) is 1. The number of ketones is 1. The Kier molecular flexibility index (Phi) is 9.12. The fourth-order valence-corrected chi connectivity index (χ4v) is 4.40. The first-order valence-electron chi connectivity index (χ1n) is 11.5. The molecular weight excluding hydrogens is 512 g/mol. The Balaban J connectivity index is 2.13. The average molecular weight is 543 g/mol. The van der Waals surface area contributed by atoms with E-state index in [2.05, 4.69) is 41.3 Å². The average Bonchev–Trinajstić information content (AvgIpc) is 3.13. The molecule has 0 saturated carbocycles. The third-order valence-electron chi connectivity index (χ3n) is 6.07. The molecule has 2 aromatic rings. The number of carbonyl (C=O) groups is 2. The van der Waals surface area contributed by atoms with Gasteiger partial charge in [-0.1, -0.05) is 60.6 Å². The number of likely N-dealkylation sites (tertiary alicyclic amines) is 1. The molecule has 0 bridgehead atoms. The molecule has 2 aromatic carbocycles. The predicted molar refractivity (Wildman–Crippen MR) is 140 cm³/mol. The fraction of sp³-hybridized carbons (Fsp3) is 0.333. The lowest BCUT2D eigenvalue weighted by molar-refractivity contribution is -0.140. The van der Waals surface area contributed by atoms with Crippen LogP contribution < -0.4 is 9.47 Å². The largest absolute Gasteiger partial charge is 0.507 e. The highest BCUT2D eigenvalue weighted by Gasteiger charge is 2.46. The maximum Gasteiger partial charge on any atom is 0.295 e. The van der Waals surface area contributed by atoms with Crippen molar-refractivity contribution in [1.82, 2.24) is 9.80 Å². The Morgan fingerprint density at radius 3 is 2.43 bits per heavy atom. The summed E-state index contributed by atoms with van der Waals surface area (Å²) in [7, 11) is 1.53. The number of nitrogens with zero attached hydrogens (tertiary/aromatic N) is 2. The number of hydrogen-bond acceptors (Lipinski definition) is 6. The highest BCUT2D eigenvalue weighted by Crippen LogP contribution is 2.42. The maximum atomic E-state index is 13.2. The van der Waals surface area contributed by atoms with Gasteiger partial charge < -0.3 is 24.4 Å². The van der Waals surface area contributed by atoms with Crippen LogP contribution in [0.3, 0.4) is 0 Å². The van der Waals surface area contributed by atoms with E-state index in [0.29, 0.717) is 42.3 Å². The topological polar surface area (TPSA) is 79.3 Å². The number of methoxy groups -OCH3 is 1. The molecule has 7 nitrogen and oxygen atoms in total. The number of likely N-dealkylation sites (N-methyl/N-ethyl adjacent to an activating group) is 1. The molecule has 1 amide bonds. The van der Waals surface area contributed by atoms with Crippen LogP contribution in [0.15, 0.2) is 65.2 Å². The molecule has 1 N–H and O–H groups in total. The summed E-state index contributed by atoms with van der Waals surface area (Å²) in [5, 5.41) is 11.2. The number of ether oxygens (including phenoxy) is 2. The first-order chi connectivity index (χ1) is 16.9. The molecule has 0 aromatic heterocycles. The molecule has 1 atom stereocenters. The van der Waals surface area contributed by atoms with Crippen molar-refractivity contribution in [3.05, 3.63) is 76.3 Å². The van der Waals surface area contributed by atoms with Gasteiger partial charge >= 0.3 is 0 Å². The van der Waals surface area contributed by atoms with E-state index in [1.54, 1.807) is 48.5 Å². The van der Waals surface area contributed by atoms with Crippen molar-refractivity contribution in [3.8, 4) is 11.5 Å². The van der Waals surface area contributed by atoms with Gasteiger partial charge in [-0.2, -0.15) is 0 Å². The van der Waals surface area contributed by atoms with Crippen LogP contribution in [0.2, 0.25) is 0 Å². The maximum absolute atomic E-state index is 13.2. The van der Waals surface area contributed by atoms with Crippen molar-refractivity contribution in [3.63, 3.8) is 0 Å². The van der Waals surface area contributed by atoms with E-state index in [1.165, 1.54) is 12.0 Å². The number of aliphatic hydroxyl groups excluding tert-OH is 1. The molecular formula is C27H31BrN2O5. The molecule has 1 fully saturated rings. The first-order valence-corrected chi connectivity index (χ1v) is 12.3. The van der Waals surface area contributed by atoms with E-state index >= 15 is 0 Å². The number of amides is 1. The minimum absolute atomic E-state index is 0.0543. The summed E-state index contributed by atoms with van der Waals surface area (Å²) in [6, 6.07) is 11.5. The normalized spacial score (nSPS) is 17.2. The number of benzene rings is 2. The van der Waals surface area contributed by atoms with E-state index in [1.807, 2.05) is 0 Å². The van der Waals surface area contributed by atoms with E-state index < -0.39 is 17.7 Å². The van der Waals surface area contributed by atoms with Crippen LogP contribution in [0, 0.1) is 0 Å². The van der Waals surface area contributed by atoms with Gasteiger partial charge in [0.25, 0.3) is 11.7 Å². The summed E-state index contributed by atoms with van der Waals surface area (Å²) in [6.45, 7) is 10.7. The second-order valence-corrected chi connectivity index (χ2v) is 8.95. The molecule has 0 spiro atoms. The number of aliphatic hydroxyl groups is 1. The Bertz CT molecular complexity index is 1110. The molecule has 3 rings (SSSR count). The van der Waals surface area contributed by atoms with Gasteiger partial charge in [0.1, 0.15) is 12.4 Å². The molecule has 0 aliphatic carbocycles. The van der Waals surface area contributed by atoms with Crippen LogP contribution in [0.1, 0.15) is 31.0 Å². The molecule has 1 saturated heterocycles. The van der Waals surface area contributed by atoms with Crippen LogP contribution >= 0.6 is 15.9 Å². The standard InChI is InChI=1S/C27H31BrN2O5/c1-5-16-35-21-13-10-19(17-22(21)34-4)24-23(25(31)18-8-11-20(28)12-9-18)26(32)27(33)30(24)15-14-29(6-2)7-3/h5,8-13,17,24,31H,1,6-7,14-16H2,2-4H3/b25-23+. The van der Waals surface area contributed by atoms with Crippen LogP contribution in [0.5, 0.6) is 11.5 Å². The van der Waals surface area contributed by atoms with Crippen molar-refractivity contribution >= 4 is 33.4 Å².